The lowest BCUT2D eigenvalue weighted by molar-refractivity contribution is -0.122. The van der Waals surface area contributed by atoms with Gasteiger partial charge in [-0.25, -0.2) is 0 Å². The molecule has 1 rings (SSSR count). The fourth-order valence-electron chi connectivity index (χ4n) is 2.99. The second-order valence-electron chi connectivity index (χ2n) is 6.12. The van der Waals surface area contributed by atoms with Crippen LogP contribution in [0.5, 0.6) is 0 Å². The molecule has 1 aliphatic carbocycles. The highest BCUT2D eigenvalue weighted by molar-refractivity contribution is 5.85. The molecule has 3 N–H and O–H groups in total. The topological polar surface area (TPSA) is 58.4 Å². The van der Waals surface area contributed by atoms with Gasteiger partial charge in [-0.05, 0) is 64.6 Å². The van der Waals surface area contributed by atoms with E-state index in [0.717, 1.165) is 51.7 Å². The fourth-order valence-corrected chi connectivity index (χ4v) is 2.99. The van der Waals surface area contributed by atoms with Gasteiger partial charge in [0.05, 0.1) is 0 Å². The molecule has 0 spiro atoms. The molecule has 0 aliphatic heterocycles. The highest BCUT2D eigenvalue weighted by atomic mass is 35.5. The summed E-state index contributed by atoms with van der Waals surface area (Å²) in [6.45, 7) is 7.77. The Labute approximate surface area is 148 Å². The maximum absolute atomic E-state index is 11.9. The van der Waals surface area contributed by atoms with Crippen LogP contribution in [0.2, 0.25) is 0 Å². The zero-order valence-corrected chi connectivity index (χ0v) is 15.8. The molecule has 0 saturated heterocycles. The zero-order chi connectivity index (χ0) is 14.8. The summed E-state index contributed by atoms with van der Waals surface area (Å²) < 4.78 is 0. The van der Waals surface area contributed by atoms with Gasteiger partial charge < -0.3 is 16.0 Å². The first-order chi connectivity index (χ1) is 9.65. The molecule has 0 heterocycles. The summed E-state index contributed by atoms with van der Waals surface area (Å²) in [5.74, 6) is 0.221. The molecule has 0 bridgehead atoms. The van der Waals surface area contributed by atoms with E-state index in [0.29, 0.717) is 18.5 Å². The molecule has 6 heteroatoms. The summed E-state index contributed by atoms with van der Waals surface area (Å²) >= 11 is 0. The standard InChI is InChI=1S/C16H33N3O.2ClH/c1-3-11-19(12-4-2)13-5-6-16(20)18-15-9-7-14(17)8-10-15;;/h14-15H,3-13,17H2,1-2H3,(H,18,20);2*1H. The van der Waals surface area contributed by atoms with Crippen molar-refractivity contribution in [2.75, 3.05) is 19.6 Å². The molecule has 0 aromatic rings. The van der Waals surface area contributed by atoms with Gasteiger partial charge in [-0.3, -0.25) is 4.79 Å². The summed E-state index contributed by atoms with van der Waals surface area (Å²) in [6.07, 6.45) is 8.19. The van der Waals surface area contributed by atoms with Crippen molar-refractivity contribution < 1.29 is 4.79 Å². The monoisotopic (exact) mass is 355 g/mol. The number of hydrogen-bond acceptors (Lipinski definition) is 3. The fraction of sp³-hybridized carbons (Fsp3) is 0.938. The first-order valence-corrected chi connectivity index (χ1v) is 8.43. The molecule has 134 valence electrons. The number of nitrogens with two attached hydrogens (primary N) is 1. The zero-order valence-electron chi connectivity index (χ0n) is 14.2. The summed E-state index contributed by atoms with van der Waals surface area (Å²) in [5, 5.41) is 3.16. The lowest BCUT2D eigenvalue weighted by atomic mass is 9.92. The van der Waals surface area contributed by atoms with Gasteiger partial charge in [0.2, 0.25) is 5.91 Å². The average Bonchev–Trinajstić information content (AvgIpc) is 2.42. The maximum atomic E-state index is 11.9. The van der Waals surface area contributed by atoms with E-state index in [9.17, 15) is 4.79 Å². The Morgan fingerprint density at radius 1 is 1.05 bits per heavy atom. The van der Waals surface area contributed by atoms with Crippen LogP contribution in [0.4, 0.5) is 0 Å². The van der Waals surface area contributed by atoms with Crippen LogP contribution < -0.4 is 11.1 Å². The largest absolute Gasteiger partial charge is 0.353 e. The Morgan fingerprint density at radius 2 is 1.59 bits per heavy atom. The van der Waals surface area contributed by atoms with Crippen LogP contribution in [-0.4, -0.2) is 42.5 Å². The second kappa shape index (κ2) is 14.6. The molecule has 1 fully saturated rings. The van der Waals surface area contributed by atoms with Gasteiger partial charge in [0.25, 0.3) is 0 Å². The van der Waals surface area contributed by atoms with Crippen molar-refractivity contribution in [3.05, 3.63) is 0 Å². The summed E-state index contributed by atoms with van der Waals surface area (Å²) in [5.41, 5.74) is 5.88. The van der Waals surface area contributed by atoms with Gasteiger partial charge in [0, 0.05) is 18.5 Å². The van der Waals surface area contributed by atoms with Crippen LogP contribution in [0.3, 0.4) is 0 Å². The van der Waals surface area contributed by atoms with Crippen LogP contribution in [0, 0.1) is 0 Å². The molecular formula is C16H35Cl2N3O. The van der Waals surface area contributed by atoms with Crippen LogP contribution in [0.25, 0.3) is 0 Å². The molecule has 0 unspecified atom stereocenters. The van der Waals surface area contributed by atoms with E-state index in [1.807, 2.05) is 0 Å². The van der Waals surface area contributed by atoms with E-state index < -0.39 is 0 Å². The van der Waals surface area contributed by atoms with Crippen LogP contribution >= 0.6 is 24.8 Å². The van der Waals surface area contributed by atoms with Gasteiger partial charge in [-0.1, -0.05) is 13.8 Å². The second-order valence-corrected chi connectivity index (χ2v) is 6.12. The lowest BCUT2D eigenvalue weighted by Gasteiger charge is -2.27. The average molecular weight is 356 g/mol. The highest BCUT2D eigenvalue weighted by Crippen LogP contribution is 2.17. The lowest BCUT2D eigenvalue weighted by Crippen LogP contribution is -2.40. The molecule has 4 nitrogen and oxygen atoms in total. The Morgan fingerprint density at radius 3 is 2.09 bits per heavy atom. The number of nitrogens with zero attached hydrogens (tertiary/aromatic N) is 1. The van der Waals surface area contributed by atoms with Crippen molar-refractivity contribution in [3.8, 4) is 0 Å². The Balaban J connectivity index is 0. The van der Waals surface area contributed by atoms with E-state index in [-0.39, 0.29) is 30.7 Å². The van der Waals surface area contributed by atoms with Crippen molar-refractivity contribution in [2.24, 2.45) is 5.73 Å². The molecule has 0 aromatic carbocycles. The maximum Gasteiger partial charge on any atom is 0.220 e. The predicted octanol–water partition coefficient (Wildman–Crippen LogP) is 3.12. The van der Waals surface area contributed by atoms with Crippen molar-refractivity contribution in [2.45, 2.75) is 77.3 Å². The molecule has 1 saturated carbocycles. The molecular weight excluding hydrogens is 321 g/mol. The van der Waals surface area contributed by atoms with Crippen LogP contribution in [0.15, 0.2) is 0 Å². The first-order valence-electron chi connectivity index (χ1n) is 8.43. The summed E-state index contributed by atoms with van der Waals surface area (Å²) in [4.78, 5) is 14.4. The number of carbonyl (C=O) groups is 1. The Bertz CT molecular complexity index is 266. The predicted molar refractivity (Wildman–Crippen MR) is 99.1 cm³/mol. The molecule has 0 radical (unpaired) electrons. The normalized spacial score (nSPS) is 20.9. The first kappa shape index (κ1) is 24.2. The Hall–Kier alpha value is -0.0300. The molecule has 22 heavy (non-hydrogen) atoms. The third-order valence-corrected chi connectivity index (χ3v) is 4.09. The van der Waals surface area contributed by atoms with E-state index in [1.54, 1.807) is 0 Å². The Kier molecular flexibility index (Phi) is 16.0. The van der Waals surface area contributed by atoms with Crippen LogP contribution in [0.1, 0.15) is 65.2 Å². The van der Waals surface area contributed by atoms with Crippen LogP contribution in [-0.2, 0) is 4.79 Å². The van der Waals surface area contributed by atoms with Crippen molar-refractivity contribution >= 4 is 30.7 Å². The van der Waals surface area contributed by atoms with Gasteiger partial charge in [0.1, 0.15) is 0 Å². The number of hydrogen-bond donors (Lipinski definition) is 2. The minimum Gasteiger partial charge on any atom is -0.353 e. The van der Waals surface area contributed by atoms with E-state index in [4.69, 9.17) is 5.73 Å². The minimum atomic E-state index is 0. The van der Waals surface area contributed by atoms with Gasteiger partial charge in [-0.15, -0.1) is 24.8 Å². The van der Waals surface area contributed by atoms with Crippen molar-refractivity contribution in [1.82, 2.24) is 10.2 Å². The van der Waals surface area contributed by atoms with E-state index >= 15 is 0 Å². The van der Waals surface area contributed by atoms with Crippen molar-refractivity contribution in [3.63, 3.8) is 0 Å². The van der Waals surface area contributed by atoms with Gasteiger partial charge in [-0.2, -0.15) is 0 Å². The van der Waals surface area contributed by atoms with Crippen molar-refractivity contribution in [1.29, 1.82) is 0 Å². The quantitative estimate of drug-likeness (QED) is 0.667. The summed E-state index contributed by atoms with van der Waals surface area (Å²) in [6, 6.07) is 0.712. The highest BCUT2D eigenvalue weighted by Gasteiger charge is 2.19. The van der Waals surface area contributed by atoms with E-state index in [1.165, 1.54) is 12.8 Å². The molecule has 1 aliphatic rings. The smallest absolute Gasteiger partial charge is 0.220 e. The number of halogens is 2. The summed E-state index contributed by atoms with van der Waals surface area (Å²) in [7, 11) is 0. The van der Waals surface area contributed by atoms with E-state index in [2.05, 4.69) is 24.1 Å². The number of nitrogens with one attached hydrogen (secondary N) is 1. The van der Waals surface area contributed by atoms with Gasteiger partial charge in [0.15, 0.2) is 0 Å². The molecule has 0 aromatic heterocycles. The minimum absolute atomic E-state index is 0. The van der Waals surface area contributed by atoms with Gasteiger partial charge >= 0.3 is 0 Å². The molecule has 1 amide bonds. The number of rotatable bonds is 9. The molecule has 0 atom stereocenters. The third kappa shape index (κ3) is 10.7. The number of amides is 1. The number of carbonyl (C=O) groups excluding carboxylic acids is 1. The third-order valence-electron chi connectivity index (χ3n) is 4.09. The SMILES string of the molecule is CCCN(CCC)CCCC(=O)NC1CCC(N)CC1.Cl.Cl.